The number of fused-ring (bicyclic) bond motifs is 1. The lowest BCUT2D eigenvalue weighted by Gasteiger charge is -2.11. The average molecular weight is 374 g/mol. The number of carbonyl (C=O) groups excluding carboxylic acids is 2. The van der Waals surface area contributed by atoms with Gasteiger partial charge >= 0.3 is 0 Å². The number of aryl methyl sites for hydroxylation is 2. The first-order valence-electron chi connectivity index (χ1n) is 8.75. The van der Waals surface area contributed by atoms with E-state index in [0.717, 1.165) is 0 Å². The Morgan fingerprint density at radius 1 is 1.11 bits per heavy atom. The molecule has 0 aliphatic carbocycles. The number of furan rings is 1. The van der Waals surface area contributed by atoms with Gasteiger partial charge in [0.1, 0.15) is 5.69 Å². The Morgan fingerprint density at radius 3 is 2.61 bits per heavy atom. The number of hydrogen-bond acceptors (Lipinski definition) is 5. The fourth-order valence-corrected chi connectivity index (χ4v) is 3.26. The van der Waals surface area contributed by atoms with Gasteiger partial charge in [0.05, 0.1) is 28.6 Å². The molecule has 0 aliphatic rings. The fourth-order valence-electron chi connectivity index (χ4n) is 3.26. The maximum Gasteiger partial charge on any atom is 0.256 e. The van der Waals surface area contributed by atoms with Crippen LogP contribution in [0.4, 0.5) is 5.69 Å². The zero-order valence-electron chi connectivity index (χ0n) is 15.7. The lowest BCUT2D eigenvalue weighted by molar-refractivity contribution is 0.101. The smallest absolute Gasteiger partial charge is 0.256 e. The third kappa shape index (κ3) is 2.96. The Morgan fingerprint density at radius 2 is 1.89 bits per heavy atom. The van der Waals surface area contributed by atoms with E-state index in [1.807, 2.05) is 6.92 Å². The highest BCUT2D eigenvalue weighted by molar-refractivity contribution is 6.15. The lowest BCUT2D eigenvalue weighted by Crippen LogP contribution is -2.15. The van der Waals surface area contributed by atoms with Crippen LogP contribution in [0.5, 0.6) is 0 Å². The number of anilines is 1. The summed E-state index contributed by atoms with van der Waals surface area (Å²) in [6.07, 6.45) is 1.55. The quantitative estimate of drug-likeness (QED) is 0.546. The Bertz CT molecular complexity index is 1210. The van der Waals surface area contributed by atoms with E-state index in [1.54, 1.807) is 60.5 Å². The molecule has 0 aliphatic heterocycles. The van der Waals surface area contributed by atoms with Crippen molar-refractivity contribution in [2.45, 2.75) is 13.8 Å². The van der Waals surface area contributed by atoms with Crippen LogP contribution < -0.4 is 5.32 Å². The minimum absolute atomic E-state index is 0.121. The van der Waals surface area contributed by atoms with E-state index >= 15 is 0 Å². The normalized spacial score (nSPS) is 11.0. The number of amides is 1. The maximum atomic E-state index is 13.2. The molecule has 3 heterocycles. The summed E-state index contributed by atoms with van der Waals surface area (Å²) < 4.78 is 7.09. The molecule has 4 aromatic rings. The van der Waals surface area contributed by atoms with Gasteiger partial charge < -0.3 is 9.73 Å². The van der Waals surface area contributed by atoms with Gasteiger partial charge in [-0.05, 0) is 44.2 Å². The molecule has 7 nitrogen and oxygen atoms in total. The van der Waals surface area contributed by atoms with Crippen LogP contribution in [0.2, 0.25) is 0 Å². The van der Waals surface area contributed by atoms with Crippen LogP contribution in [-0.2, 0) is 7.05 Å². The molecule has 1 aromatic carbocycles. The number of pyridine rings is 1. The fraction of sp³-hybridized carbons (Fsp3) is 0.143. The molecular formula is C21H18N4O3. The third-order valence-electron chi connectivity index (χ3n) is 4.54. The van der Waals surface area contributed by atoms with Crippen molar-refractivity contribution in [2.24, 2.45) is 7.05 Å². The minimum Gasteiger partial charge on any atom is -0.463 e. The summed E-state index contributed by atoms with van der Waals surface area (Å²) >= 11 is 0. The molecule has 0 fully saturated rings. The average Bonchev–Trinajstić information content (AvgIpc) is 3.30. The van der Waals surface area contributed by atoms with Gasteiger partial charge in [-0.2, -0.15) is 5.10 Å². The molecule has 28 heavy (non-hydrogen) atoms. The van der Waals surface area contributed by atoms with Gasteiger partial charge in [-0.15, -0.1) is 0 Å². The summed E-state index contributed by atoms with van der Waals surface area (Å²) in [6.45, 7) is 3.30. The van der Waals surface area contributed by atoms with E-state index in [4.69, 9.17) is 4.42 Å². The first-order chi connectivity index (χ1) is 13.5. The molecule has 3 aromatic heterocycles. The second-order valence-corrected chi connectivity index (χ2v) is 6.50. The second kappa shape index (κ2) is 6.77. The minimum atomic E-state index is -0.343. The van der Waals surface area contributed by atoms with E-state index in [-0.39, 0.29) is 11.7 Å². The molecule has 0 saturated carbocycles. The lowest BCUT2D eigenvalue weighted by atomic mass is 10.1. The first kappa shape index (κ1) is 17.7. The SMILES string of the molecule is CC(=O)c1ccccc1NC(=O)c1cc(-c2ccco2)nc2c1c(C)nn2C. The number of benzene rings is 1. The molecule has 140 valence electrons. The first-order valence-corrected chi connectivity index (χ1v) is 8.75. The number of ketones is 1. The highest BCUT2D eigenvalue weighted by Gasteiger charge is 2.21. The van der Waals surface area contributed by atoms with Crippen molar-refractivity contribution in [3.8, 4) is 11.5 Å². The molecule has 1 amide bonds. The monoisotopic (exact) mass is 374 g/mol. The van der Waals surface area contributed by atoms with Crippen molar-refractivity contribution in [2.75, 3.05) is 5.32 Å². The summed E-state index contributed by atoms with van der Waals surface area (Å²) in [4.78, 5) is 29.7. The van der Waals surface area contributed by atoms with Gasteiger partial charge in [0.25, 0.3) is 5.91 Å². The number of nitrogens with zero attached hydrogens (tertiary/aromatic N) is 3. The van der Waals surface area contributed by atoms with Gasteiger partial charge in [0.2, 0.25) is 0 Å². The Kier molecular flexibility index (Phi) is 4.27. The molecular weight excluding hydrogens is 356 g/mol. The van der Waals surface area contributed by atoms with Crippen molar-refractivity contribution in [1.82, 2.24) is 14.8 Å². The summed E-state index contributed by atoms with van der Waals surface area (Å²) in [5.74, 6) is 0.0913. The predicted octanol–water partition coefficient (Wildman–Crippen LogP) is 3.99. The Balaban J connectivity index is 1.86. The van der Waals surface area contributed by atoms with Crippen molar-refractivity contribution >= 4 is 28.4 Å². The Hall–Kier alpha value is -3.74. The summed E-state index contributed by atoms with van der Waals surface area (Å²) in [6, 6.07) is 12.1. The van der Waals surface area contributed by atoms with E-state index in [1.165, 1.54) is 6.92 Å². The van der Waals surface area contributed by atoms with Crippen LogP contribution in [0.1, 0.15) is 33.3 Å². The molecule has 0 bridgehead atoms. The number of nitrogens with one attached hydrogen (secondary N) is 1. The summed E-state index contributed by atoms with van der Waals surface area (Å²) in [5.41, 5.74) is 3.14. The van der Waals surface area contributed by atoms with Crippen LogP contribution in [0, 0.1) is 6.92 Å². The number of carbonyl (C=O) groups is 2. The van der Waals surface area contributed by atoms with Gasteiger partial charge in [0, 0.05) is 12.6 Å². The van der Waals surface area contributed by atoms with Crippen LogP contribution >= 0.6 is 0 Å². The molecule has 0 spiro atoms. The molecule has 0 radical (unpaired) electrons. The van der Waals surface area contributed by atoms with Crippen LogP contribution in [0.15, 0.2) is 53.1 Å². The molecule has 0 atom stereocenters. The van der Waals surface area contributed by atoms with E-state index in [2.05, 4.69) is 15.4 Å². The molecule has 4 rings (SSSR count). The van der Waals surface area contributed by atoms with Gasteiger partial charge in [-0.1, -0.05) is 12.1 Å². The van der Waals surface area contributed by atoms with Crippen molar-refractivity contribution in [3.63, 3.8) is 0 Å². The van der Waals surface area contributed by atoms with E-state index < -0.39 is 0 Å². The largest absolute Gasteiger partial charge is 0.463 e. The zero-order valence-corrected chi connectivity index (χ0v) is 15.7. The summed E-state index contributed by atoms with van der Waals surface area (Å²) in [7, 11) is 1.78. The van der Waals surface area contributed by atoms with Gasteiger partial charge in [-0.3, -0.25) is 14.3 Å². The van der Waals surface area contributed by atoms with Crippen molar-refractivity contribution in [1.29, 1.82) is 0 Å². The topological polar surface area (TPSA) is 90.0 Å². The number of Topliss-reactive ketones (excluding diaryl/α,β-unsaturated/α-hetero) is 1. The predicted molar refractivity (Wildman–Crippen MR) is 105 cm³/mol. The molecule has 0 saturated heterocycles. The molecule has 7 heteroatoms. The van der Waals surface area contributed by atoms with E-state index in [0.29, 0.717) is 45.0 Å². The molecule has 0 unspecified atom stereocenters. The number of hydrogen-bond donors (Lipinski definition) is 1. The van der Waals surface area contributed by atoms with Gasteiger partial charge in [0.15, 0.2) is 17.2 Å². The number of rotatable bonds is 4. The second-order valence-electron chi connectivity index (χ2n) is 6.50. The van der Waals surface area contributed by atoms with E-state index in [9.17, 15) is 9.59 Å². The van der Waals surface area contributed by atoms with Crippen LogP contribution in [0.25, 0.3) is 22.5 Å². The number of aromatic nitrogens is 3. The zero-order chi connectivity index (χ0) is 19.8. The number of para-hydroxylation sites is 1. The third-order valence-corrected chi connectivity index (χ3v) is 4.54. The highest BCUT2D eigenvalue weighted by atomic mass is 16.3. The van der Waals surface area contributed by atoms with Crippen LogP contribution in [0.3, 0.4) is 0 Å². The van der Waals surface area contributed by atoms with Gasteiger partial charge in [-0.25, -0.2) is 4.98 Å². The molecule has 1 N–H and O–H groups in total. The maximum absolute atomic E-state index is 13.2. The van der Waals surface area contributed by atoms with Crippen LogP contribution in [-0.4, -0.2) is 26.5 Å². The Labute approximate surface area is 161 Å². The standard InChI is InChI=1S/C21H18N4O3/c1-12-19-15(21(27)23-16-8-5-4-7-14(16)13(2)26)11-17(18-9-6-10-28-18)22-20(19)25(3)24-12/h4-11H,1-3H3,(H,23,27). The van der Waals surface area contributed by atoms with Crippen molar-refractivity contribution in [3.05, 3.63) is 65.5 Å². The van der Waals surface area contributed by atoms with Crippen molar-refractivity contribution < 1.29 is 14.0 Å². The summed E-state index contributed by atoms with van der Waals surface area (Å²) in [5, 5.41) is 7.91. The highest BCUT2D eigenvalue weighted by Crippen LogP contribution is 2.28.